The number of carbonyl (C=O) groups is 3. The normalized spacial score (nSPS) is 19.1. The number of carbonyl (C=O) groups excluding carboxylic acids is 3. The first-order valence-electron chi connectivity index (χ1n) is 9.91. The number of hydrogen-bond acceptors (Lipinski definition) is 4. The van der Waals surface area contributed by atoms with Crippen LogP contribution < -0.4 is 0 Å². The van der Waals surface area contributed by atoms with E-state index in [0.717, 1.165) is 22.4 Å². The second-order valence-electron chi connectivity index (χ2n) is 7.61. The van der Waals surface area contributed by atoms with Gasteiger partial charge in [0.15, 0.2) is 5.78 Å². The summed E-state index contributed by atoms with van der Waals surface area (Å²) in [5.41, 5.74) is 3.43. The zero-order chi connectivity index (χ0) is 21.3. The van der Waals surface area contributed by atoms with E-state index in [1.807, 2.05) is 32.9 Å². The largest absolute Gasteiger partial charge is 0.346 e. The third-order valence-corrected chi connectivity index (χ3v) is 5.92. The van der Waals surface area contributed by atoms with Gasteiger partial charge in [-0.1, -0.05) is 18.5 Å². The number of amides is 1. The van der Waals surface area contributed by atoms with Gasteiger partial charge in [-0.25, -0.2) is 4.68 Å². The van der Waals surface area contributed by atoms with Gasteiger partial charge in [0.05, 0.1) is 16.9 Å². The standard InChI is InChI=1S/C22H26ClN3O3/c1-5-14-8-17(26-12-16(23)11-24-26)7-13(3)20(14)21-18(27)9-15(22(21)29)10-19(28)25(4)6-2/h7-8,11-12,15,21H,5-6,9-10H2,1-4H3. The molecule has 1 fully saturated rings. The van der Waals surface area contributed by atoms with Gasteiger partial charge in [0, 0.05) is 38.5 Å². The highest BCUT2D eigenvalue weighted by molar-refractivity contribution is 6.30. The minimum Gasteiger partial charge on any atom is -0.346 e. The molecule has 29 heavy (non-hydrogen) atoms. The number of hydrogen-bond donors (Lipinski definition) is 0. The van der Waals surface area contributed by atoms with Crippen LogP contribution >= 0.6 is 11.6 Å². The molecule has 2 aromatic rings. The molecular weight excluding hydrogens is 390 g/mol. The van der Waals surface area contributed by atoms with Crippen LogP contribution in [0.2, 0.25) is 5.02 Å². The first-order chi connectivity index (χ1) is 13.8. The van der Waals surface area contributed by atoms with Crippen molar-refractivity contribution < 1.29 is 14.4 Å². The molecule has 0 aliphatic heterocycles. The van der Waals surface area contributed by atoms with Crippen molar-refractivity contribution in [3.8, 4) is 5.69 Å². The Morgan fingerprint density at radius 2 is 2.03 bits per heavy atom. The number of Topliss-reactive ketones (excluding diaryl/α,β-unsaturated/α-hetero) is 2. The zero-order valence-corrected chi connectivity index (χ0v) is 18.0. The summed E-state index contributed by atoms with van der Waals surface area (Å²) >= 11 is 5.98. The summed E-state index contributed by atoms with van der Waals surface area (Å²) in [6.07, 6.45) is 4.18. The number of halogens is 1. The molecule has 0 spiro atoms. The topological polar surface area (TPSA) is 72.3 Å². The molecule has 1 heterocycles. The number of aromatic nitrogens is 2. The van der Waals surface area contributed by atoms with E-state index in [-0.39, 0.29) is 30.3 Å². The van der Waals surface area contributed by atoms with Crippen molar-refractivity contribution in [1.82, 2.24) is 14.7 Å². The van der Waals surface area contributed by atoms with Crippen LogP contribution in [0.1, 0.15) is 49.3 Å². The number of ketones is 2. The minimum absolute atomic E-state index is 0.0930. The monoisotopic (exact) mass is 415 g/mol. The molecule has 1 aliphatic carbocycles. The Labute approximate surface area is 175 Å². The highest BCUT2D eigenvalue weighted by atomic mass is 35.5. The second kappa shape index (κ2) is 8.49. The number of benzene rings is 1. The summed E-state index contributed by atoms with van der Waals surface area (Å²) < 4.78 is 1.68. The molecule has 154 valence electrons. The fourth-order valence-corrected chi connectivity index (χ4v) is 4.14. The van der Waals surface area contributed by atoms with Crippen molar-refractivity contribution in [1.29, 1.82) is 0 Å². The SMILES string of the molecule is CCc1cc(-n2cc(Cl)cn2)cc(C)c1C1C(=O)CC(CC(=O)N(C)CC)C1=O. The Morgan fingerprint density at radius 3 is 2.62 bits per heavy atom. The molecule has 0 saturated heterocycles. The van der Waals surface area contributed by atoms with Crippen LogP contribution in [0.4, 0.5) is 0 Å². The zero-order valence-electron chi connectivity index (χ0n) is 17.2. The molecule has 6 nitrogen and oxygen atoms in total. The molecule has 1 aromatic heterocycles. The lowest BCUT2D eigenvalue weighted by atomic mass is 9.85. The van der Waals surface area contributed by atoms with Crippen LogP contribution in [0.5, 0.6) is 0 Å². The van der Waals surface area contributed by atoms with Gasteiger partial charge in [-0.15, -0.1) is 0 Å². The second-order valence-corrected chi connectivity index (χ2v) is 8.04. The van der Waals surface area contributed by atoms with Crippen molar-refractivity contribution in [2.24, 2.45) is 5.92 Å². The average molecular weight is 416 g/mol. The van der Waals surface area contributed by atoms with E-state index in [2.05, 4.69) is 5.10 Å². The third-order valence-electron chi connectivity index (χ3n) is 5.72. The number of rotatable bonds is 6. The van der Waals surface area contributed by atoms with Crippen molar-refractivity contribution in [3.63, 3.8) is 0 Å². The van der Waals surface area contributed by atoms with Gasteiger partial charge in [-0.05, 0) is 49.1 Å². The Balaban J connectivity index is 1.94. The maximum Gasteiger partial charge on any atom is 0.223 e. The van der Waals surface area contributed by atoms with Crippen molar-refractivity contribution in [2.45, 2.75) is 46.0 Å². The van der Waals surface area contributed by atoms with Crippen molar-refractivity contribution in [3.05, 3.63) is 46.2 Å². The van der Waals surface area contributed by atoms with Crippen LogP contribution in [-0.2, 0) is 20.8 Å². The summed E-state index contributed by atoms with van der Waals surface area (Å²) in [6, 6.07) is 3.87. The lowest BCUT2D eigenvalue weighted by Crippen LogP contribution is -2.29. The molecule has 1 aromatic carbocycles. The molecule has 2 atom stereocenters. The van der Waals surface area contributed by atoms with Gasteiger partial charge < -0.3 is 4.90 Å². The van der Waals surface area contributed by atoms with Crippen LogP contribution in [-0.4, -0.2) is 45.7 Å². The van der Waals surface area contributed by atoms with Gasteiger partial charge in [-0.3, -0.25) is 14.4 Å². The Bertz CT molecular complexity index is 966. The molecular formula is C22H26ClN3O3. The molecule has 0 radical (unpaired) electrons. The first-order valence-corrected chi connectivity index (χ1v) is 10.3. The first kappa shape index (κ1) is 21.2. The molecule has 0 bridgehead atoms. The summed E-state index contributed by atoms with van der Waals surface area (Å²) in [7, 11) is 1.71. The van der Waals surface area contributed by atoms with E-state index in [9.17, 15) is 14.4 Å². The molecule has 1 saturated carbocycles. The lowest BCUT2D eigenvalue weighted by Gasteiger charge is -2.19. The predicted octanol–water partition coefficient (Wildman–Crippen LogP) is 3.51. The van der Waals surface area contributed by atoms with Gasteiger partial charge in [0.1, 0.15) is 11.7 Å². The molecule has 7 heteroatoms. The molecule has 1 aliphatic rings. The summed E-state index contributed by atoms with van der Waals surface area (Å²) in [5.74, 6) is -1.66. The number of aryl methyl sites for hydroxylation is 2. The van der Waals surface area contributed by atoms with Crippen LogP contribution in [0.25, 0.3) is 5.69 Å². The smallest absolute Gasteiger partial charge is 0.223 e. The summed E-state index contributed by atoms with van der Waals surface area (Å²) in [4.78, 5) is 39.8. The number of nitrogens with zero attached hydrogens (tertiary/aromatic N) is 3. The van der Waals surface area contributed by atoms with E-state index in [4.69, 9.17) is 11.6 Å². The maximum absolute atomic E-state index is 13.1. The Kier molecular flexibility index (Phi) is 6.22. The van der Waals surface area contributed by atoms with Gasteiger partial charge in [0.25, 0.3) is 0 Å². The van der Waals surface area contributed by atoms with E-state index in [1.54, 1.807) is 29.0 Å². The van der Waals surface area contributed by atoms with Crippen molar-refractivity contribution in [2.75, 3.05) is 13.6 Å². The average Bonchev–Trinajstić information content (AvgIpc) is 3.24. The van der Waals surface area contributed by atoms with Gasteiger partial charge >= 0.3 is 0 Å². The van der Waals surface area contributed by atoms with Gasteiger partial charge in [0.2, 0.25) is 5.91 Å². The highest BCUT2D eigenvalue weighted by Crippen LogP contribution is 2.38. The molecule has 2 unspecified atom stereocenters. The van der Waals surface area contributed by atoms with Crippen LogP contribution in [0, 0.1) is 12.8 Å². The lowest BCUT2D eigenvalue weighted by molar-refractivity contribution is -0.133. The summed E-state index contributed by atoms with van der Waals surface area (Å²) in [6.45, 7) is 6.37. The van der Waals surface area contributed by atoms with Gasteiger partial charge in [-0.2, -0.15) is 5.10 Å². The quantitative estimate of drug-likeness (QED) is 0.677. The highest BCUT2D eigenvalue weighted by Gasteiger charge is 2.44. The predicted molar refractivity (Wildman–Crippen MR) is 111 cm³/mol. The Hall–Kier alpha value is -2.47. The maximum atomic E-state index is 13.1. The fraction of sp³-hybridized carbons (Fsp3) is 0.455. The minimum atomic E-state index is -0.787. The molecule has 3 rings (SSSR count). The van der Waals surface area contributed by atoms with E-state index in [1.165, 1.54) is 0 Å². The molecule has 1 amide bonds. The van der Waals surface area contributed by atoms with Crippen molar-refractivity contribution >= 4 is 29.1 Å². The van der Waals surface area contributed by atoms with E-state index in [0.29, 0.717) is 18.0 Å². The van der Waals surface area contributed by atoms with E-state index >= 15 is 0 Å². The Morgan fingerprint density at radius 1 is 1.31 bits per heavy atom. The third kappa shape index (κ3) is 4.13. The summed E-state index contributed by atoms with van der Waals surface area (Å²) in [5, 5.41) is 4.78. The fourth-order valence-electron chi connectivity index (χ4n) is 4.01. The van der Waals surface area contributed by atoms with Crippen LogP contribution in [0.15, 0.2) is 24.5 Å². The molecule has 0 N–H and O–H groups in total. The van der Waals surface area contributed by atoms with Crippen LogP contribution in [0.3, 0.4) is 0 Å². The van der Waals surface area contributed by atoms with E-state index < -0.39 is 11.8 Å².